The maximum atomic E-state index is 12.7. The van der Waals surface area contributed by atoms with Gasteiger partial charge in [0.15, 0.2) is 5.78 Å². The summed E-state index contributed by atoms with van der Waals surface area (Å²) in [4.78, 5) is 42.3. The van der Waals surface area contributed by atoms with E-state index in [-0.39, 0.29) is 18.2 Å². The van der Waals surface area contributed by atoms with Gasteiger partial charge in [-0.1, -0.05) is 39.2 Å². The number of carbonyl (C=O) groups excluding carboxylic acids is 3. The van der Waals surface area contributed by atoms with Crippen molar-refractivity contribution in [1.29, 1.82) is 0 Å². The number of aryl methyl sites for hydroxylation is 3. The van der Waals surface area contributed by atoms with Crippen molar-refractivity contribution in [2.75, 3.05) is 25.0 Å². The number of unbranched alkanes of at least 4 members (excludes halogenated alkanes) is 3. The lowest BCUT2D eigenvalue weighted by Crippen LogP contribution is -2.48. The van der Waals surface area contributed by atoms with Crippen LogP contribution in [0.1, 0.15) is 80.4 Å². The van der Waals surface area contributed by atoms with Crippen LogP contribution in [-0.2, 0) is 28.9 Å². The minimum atomic E-state index is -0.839. The first-order valence-corrected chi connectivity index (χ1v) is 13.5. The molecule has 0 saturated carbocycles. The molecule has 0 aromatic carbocycles. The molecule has 2 aromatic heterocycles. The number of nitrogens with one attached hydrogen (secondary N) is 3. The molecular weight excluding hydrogens is 472 g/mol. The number of ketones is 1. The van der Waals surface area contributed by atoms with Gasteiger partial charge in [-0.15, -0.1) is 0 Å². The summed E-state index contributed by atoms with van der Waals surface area (Å²) < 4.78 is 6.85. The van der Waals surface area contributed by atoms with Gasteiger partial charge in [0.2, 0.25) is 0 Å². The summed E-state index contributed by atoms with van der Waals surface area (Å²) in [7, 11) is 0. The molecule has 0 bridgehead atoms. The SMILES string of the molecule is CCCCCC(=O)[C@H](CNC(=O)c1cnn(CCc2ccc3c(n2)NCCC3)c1)NC(=O)OCCCC. The van der Waals surface area contributed by atoms with Gasteiger partial charge >= 0.3 is 6.09 Å². The Bertz CT molecular complexity index is 1040. The third-order valence-electron chi connectivity index (χ3n) is 6.35. The standard InChI is InChI=1S/C27H40N6O4/c1-3-5-7-10-24(34)23(32-27(36)37-16-6-4-2)18-29-26(35)21-17-30-33(19-21)15-13-22-12-11-20-9-8-14-28-25(20)31-22/h11-12,17,19,23H,3-10,13-16,18H2,1-2H3,(H,28,31)(H,29,35)(H,32,36)/t23-/m0/s1. The largest absolute Gasteiger partial charge is 0.450 e. The minimum Gasteiger partial charge on any atom is -0.450 e. The first-order valence-electron chi connectivity index (χ1n) is 13.5. The maximum Gasteiger partial charge on any atom is 0.407 e. The number of pyridine rings is 1. The summed E-state index contributed by atoms with van der Waals surface area (Å²) >= 11 is 0. The van der Waals surface area contributed by atoms with Crippen molar-refractivity contribution in [2.45, 2.75) is 84.2 Å². The number of anilines is 1. The molecule has 37 heavy (non-hydrogen) atoms. The molecule has 3 rings (SSSR count). The maximum absolute atomic E-state index is 12.7. The Morgan fingerprint density at radius 2 is 2.00 bits per heavy atom. The Balaban J connectivity index is 1.51. The van der Waals surface area contributed by atoms with Crippen molar-refractivity contribution < 1.29 is 19.1 Å². The molecule has 0 unspecified atom stereocenters. The van der Waals surface area contributed by atoms with Crippen molar-refractivity contribution in [3.63, 3.8) is 0 Å². The van der Waals surface area contributed by atoms with E-state index in [0.29, 0.717) is 31.6 Å². The Kier molecular flexibility index (Phi) is 11.4. The normalized spacial score (nSPS) is 13.2. The lowest BCUT2D eigenvalue weighted by molar-refractivity contribution is -0.121. The van der Waals surface area contributed by atoms with Gasteiger partial charge in [-0.25, -0.2) is 9.78 Å². The predicted molar refractivity (Wildman–Crippen MR) is 142 cm³/mol. The molecule has 0 saturated heterocycles. The molecule has 0 radical (unpaired) electrons. The zero-order valence-corrected chi connectivity index (χ0v) is 22.1. The fourth-order valence-corrected chi connectivity index (χ4v) is 4.10. The number of carbonyl (C=O) groups is 3. The highest BCUT2D eigenvalue weighted by Gasteiger charge is 2.22. The van der Waals surface area contributed by atoms with E-state index in [1.165, 1.54) is 11.8 Å². The van der Waals surface area contributed by atoms with Gasteiger partial charge < -0.3 is 20.7 Å². The molecule has 1 aliphatic rings. The first-order chi connectivity index (χ1) is 18.0. The number of Topliss-reactive ketones (excluding diaryl/α,β-unsaturated/α-hetero) is 1. The van der Waals surface area contributed by atoms with E-state index < -0.39 is 12.1 Å². The van der Waals surface area contributed by atoms with E-state index in [2.05, 4.69) is 34.0 Å². The average molecular weight is 513 g/mol. The average Bonchev–Trinajstić information content (AvgIpc) is 3.39. The number of alkyl carbamates (subject to hydrolysis) is 1. The number of ether oxygens (including phenoxy) is 1. The van der Waals surface area contributed by atoms with Crippen LogP contribution < -0.4 is 16.0 Å². The summed E-state index contributed by atoms with van der Waals surface area (Å²) in [6.07, 6.45) is 10.1. The predicted octanol–water partition coefficient (Wildman–Crippen LogP) is 3.65. The molecule has 2 amide bonds. The van der Waals surface area contributed by atoms with Crippen molar-refractivity contribution in [1.82, 2.24) is 25.4 Å². The topological polar surface area (TPSA) is 127 Å². The number of hydrogen-bond donors (Lipinski definition) is 3. The zero-order valence-electron chi connectivity index (χ0n) is 22.1. The lowest BCUT2D eigenvalue weighted by Gasteiger charge is -2.18. The van der Waals surface area contributed by atoms with Crippen molar-refractivity contribution in [3.05, 3.63) is 41.3 Å². The molecule has 1 aliphatic heterocycles. The first kappa shape index (κ1) is 28.1. The highest BCUT2D eigenvalue weighted by molar-refractivity contribution is 5.94. The zero-order chi connectivity index (χ0) is 26.5. The van der Waals surface area contributed by atoms with E-state index in [4.69, 9.17) is 9.72 Å². The number of amides is 2. The number of rotatable bonds is 15. The Hall–Kier alpha value is -3.43. The highest BCUT2D eigenvalue weighted by Crippen LogP contribution is 2.20. The van der Waals surface area contributed by atoms with E-state index in [0.717, 1.165) is 63.0 Å². The molecule has 1 atom stereocenters. The monoisotopic (exact) mass is 512 g/mol. The third-order valence-corrected chi connectivity index (χ3v) is 6.35. The van der Waals surface area contributed by atoms with Gasteiger partial charge in [0, 0.05) is 44.4 Å². The molecule has 3 N–H and O–H groups in total. The van der Waals surface area contributed by atoms with E-state index in [1.54, 1.807) is 10.9 Å². The Morgan fingerprint density at radius 1 is 1.16 bits per heavy atom. The third kappa shape index (κ3) is 9.18. The molecule has 10 nitrogen and oxygen atoms in total. The number of nitrogens with zero attached hydrogens (tertiary/aromatic N) is 3. The number of hydrogen-bond acceptors (Lipinski definition) is 7. The van der Waals surface area contributed by atoms with Gasteiger partial charge in [0.05, 0.1) is 18.4 Å². The summed E-state index contributed by atoms with van der Waals surface area (Å²) in [5.41, 5.74) is 2.61. The molecule has 10 heteroatoms. The van der Waals surface area contributed by atoms with Gasteiger partial charge in [-0.05, 0) is 37.3 Å². The number of fused-ring (bicyclic) bond motifs is 1. The van der Waals surface area contributed by atoms with Crippen LogP contribution in [0.2, 0.25) is 0 Å². The molecule has 2 aromatic rings. The summed E-state index contributed by atoms with van der Waals surface area (Å²) in [6.45, 7) is 5.88. The fraction of sp³-hybridized carbons (Fsp3) is 0.593. The van der Waals surface area contributed by atoms with Crippen LogP contribution in [0.4, 0.5) is 10.6 Å². The van der Waals surface area contributed by atoms with Crippen molar-refractivity contribution in [2.24, 2.45) is 0 Å². The number of aromatic nitrogens is 3. The molecule has 0 aliphatic carbocycles. The lowest BCUT2D eigenvalue weighted by atomic mass is 10.1. The molecule has 0 spiro atoms. The molecular formula is C27H40N6O4. The van der Waals surface area contributed by atoms with Gasteiger partial charge in [-0.3, -0.25) is 14.3 Å². The van der Waals surface area contributed by atoms with Crippen LogP contribution >= 0.6 is 0 Å². The molecule has 3 heterocycles. The minimum absolute atomic E-state index is 0.0100. The van der Waals surface area contributed by atoms with Crippen LogP contribution in [-0.4, -0.2) is 58.3 Å². The fourth-order valence-electron chi connectivity index (χ4n) is 4.10. The summed E-state index contributed by atoms with van der Waals surface area (Å²) in [6, 6.07) is 3.33. The smallest absolute Gasteiger partial charge is 0.407 e. The highest BCUT2D eigenvalue weighted by atomic mass is 16.5. The van der Waals surface area contributed by atoms with Crippen LogP contribution in [0.25, 0.3) is 0 Å². The van der Waals surface area contributed by atoms with Crippen molar-refractivity contribution in [3.8, 4) is 0 Å². The summed E-state index contributed by atoms with van der Waals surface area (Å²) in [5, 5.41) is 13.0. The summed E-state index contributed by atoms with van der Waals surface area (Å²) in [5.74, 6) is 0.490. The van der Waals surface area contributed by atoms with E-state index in [1.807, 2.05) is 13.0 Å². The second-order valence-corrected chi connectivity index (χ2v) is 9.40. The van der Waals surface area contributed by atoms with Crippen LogP contribution in [0.3, 0.4) is 0 Å². The second kappa shape index (κ2) is 15.0. The van der Waals surface area contributed by atoms with Gasteiger partial charge in [0.25, 0.3) is 5.91 Å². The molecule has 0 fully saturated rings. The van der Waals surface area contributed by atoms with Crippen LogP contribution in [0.15, 0.2) is 24.5 Å². The van der Waals surface area contributed by atoms with Gasteiger partial charge in [-0.2, -0.15) is 5.10 Å². The van der Waals surface area contributed by atoms with E-state index >= 15 is 0 Å². The van der Waals surface area contributed by atoms with Gasteiger partial charge in [0.1, 0.15) is 11.9 Å². The van der Waals surface area contributed by atoms with Crippen molar-refractivity contribution >= 4 is 23.6 Å². The second-order valence-electron chi connectivity index (χ2n) is 9.40. The van der Waals surface area contributed by atoms with Crippen LogP contribution in [0.5, 0.6) is 0 Å². The van der Waals surface area contributed by atoms with Crippen LogP contribution in [0, 0.1) is 0 Å². The van der Waals surface area contributed by atoms with E-state index in [9.17, 15) is 14.4 Å². The Labute approximate surface area is 218 Å². The molecule has 202 valence electrons. The quantitative estimate of drug-likeness (QED) is 0.311. The Morgan fingerprint density at radius 3 is 2.81 bits per heavy atom.